The number of nitro benzene ring substituents is 1. The lowest BCUT2D eigenvalue weighted by Crippen LogP contribution is -2.41. The van der Waals surface area contributed by atoms with Gasteiger partial charge in [-0.1, -0.05) is 19.3 Å². The normalized spacial score (nSPS) is 15.7. The van der Waals surface area contributed by atoms with Crippen LogP contribution in [-0.2, 0) is 0 Å². The minimum atomic E-state index is -0.507. The Bertz CT molecular complexity index is 539. The zero-order valence-corrected chi connectivity index (χ0v) is 12.2. The van der Waals surface area contributed by atoms with Crippen molar-refractivity contribution < 1.29 is 9.72 Å². The van der Waals surface area contributed by atoms with E-state index in [2.05, 4.69) is 0 Å². The molecule has 0 aliphatic heterocycles. The largest absolute Gasteiger partial charge is 0.398 e. The number of nitro groups is 1. The van der Waals surface area contributed by atoms with Crippen molar-refractivity contribution in [1.29, 1.82) is 0 Å². The Morgan fingerprint density at radius 2 is 2.05 bits per heavy atom. The van der Waals surface area contributed by atoms with Crippen molar-refractivity contribution in [3.63, 3.8) is 0 Å². The van der Waals surface area contributed by atoms with Crippen LogP contribution in [0.3, 0.4) is 0 Å². The van der Waals surface area contributed by atoms with Gasteiger partial charge in [0.25, 0.3) is 11.6 Å². The highest BCUT2D eigenvalue weighted by Crippen LogP contribution is 2.26. The molecule has 1 aromatic carbocycles. The van der Waals surface area contributed by atoms with Crippen LogP contribution in [0, 0.1) is 10.1 Å². The number of hydrogen-bond acceptors (Lipinski definition) is 4. The molecule has 1 fully saturated rings. The molecule has 0 radical (unpaired) electrons. The van der Waals surface area contributed by atoms with E-state index < -0.39 is 4.92 Å². The molecule has 0 atom stereocenters. The Morgan fingerprint density at radius 3 is 2.62 bits per heavy atom. The van der Waals surface area contributed by atoms with E-state index in [4.69, 9.17) is 5.73 Å². The van der Waals surface area contributed by atoms with Crippen LogP contribution in [0.1, 0.15) is 49.4 Å². The quantitative estimate of drug-likeness (QED) is 0.524. The van der Waals surface area contributed by atoms with Crippen LogP contribution < -0.4 is 5.73 Å². The number of nitrogen functional groups attached to an aromatic ring is 1. The van der Waals surface area contributed by atoms with Gasteiger partial charge in [-0.05, 0) is 25.8 Å². The van der Waals surface area contributed by atoms with Crippen molar-refractivity contribution in [2.24, 2.45) is 0 Å². The SMILES string of the molecule is CCN(C(=O)c1cc([N+](=O)[O-])ccc1N)C1CCCCC1. The molecule has 0 bridgehead atoms. The molecule has 114 valence electrons. The second-order valence-corrected chi connectivity index (χ2v) is 5.41. The highest BCUT2D eigenvalue weighted by molar-refractivity contribution is 6.00. The van der Waals surface area contributed by atoms with Crippen molar-refractivity contribution in [3.05, 3.63) is 33.9 Å². The number of hydrogen-bond donors (Lipinski definition) is 1. The number of anilines is 1. The molecule has 0 spiro atoms. The molecule has 1 aromatic rings. The third-order valence-electron chi connectivity index (χ3n) is 4.10. The average Bonchev–Trinajstić information content (AvgIpc) is 2.49. The molecule has 1 saturated carbocycles. The van der Waals surface area contributed by atoms with Crippen LogP contribution in [0.4, 0.5) is 11.4 Å². The first-order valence-electron chi connectivity index (χ1n) is 7.39. The van der Waals surface area contributed by atoms with E-state index >= 15 is 0 Å². The first-order valence-corrected chi connectivity index (χ1v) is 7.39. The van der Waals surface area contributed by atoms with Crippen LogP contribution >= 0.6 is 0 Å². The van der Waals surface area contributed by atoms with Crippen LogP contribution in [0.25, 0.3) is 0 Å². The predicted molar refractivity (Wildman–Crippen MR) is 81.1 cm³/mol. The van der Waals surface area contributed by atoms with Crippen molar-refractivity contribution in [3.8, 4) is 0 Å². The Morgan fingerprint density at radius 1 is 1.38 bits per heavy atom. The van der Waals surface area contributed by atoms with Gasteiger partial charge in [0.2, 0.25) is 0 Å². The first-order chi connectivity index (χ1) is 10.0. The summed E-state index contributed by atoms with van der Waals surface area (Å²) in [6, 6.07) is 4.25. The van der Waals surface area contributed by atoms with Gasteiger partial charge in [-0.2, -0.15) is 0 Å². The lowest BCUT2D eigenvalue weighted by atomic mass is 9.93. The van der Waals surface area contributed by atoms with E-state index in [1.807, 2.05) is 6.92 Å². The van der Waals surface area contributed by atoms with Gasteiger partial charge in [-0.25, -0.2) is 0 Å². The fourth-order valence-corrected chi connectivity index (χ4v) is 2.96. The highest BCUT2D eigenvalue weighted by Gasteiger charge is 2.27. The summed E-state index contributed by atoms with van der Waals surface area (Å²) in [5, 5.41) is 10.9. The third-order valence-corrected chi connectivity index (χ3v) is 4.10. The summed E-state index contributed by atoms with van der Waals surface area (Å²) in [6.07, 6.45) is 5.45. The highest BCUT2D eigenvalue weighted by atomic mass is 16.6. The van der Waals surface area contributed by atoms with Crippen LogP contribution in [0.5, 0.6) is 0 Å². The molecule has 1 aliphatic rings. The molecular weight excluding hydrogens is 270 g/mol. The number of non-ortho nitro benzene ring substituents is 1. The molecule has 0 heterocycles. The zero-order chi connectivity index (χ0) is 15.4. The summed E-state index contributed by atoms with van der Waals surface area (Å²) in [7, 11) is 0. The Labute approximate surface area is 124 Å². The van der Waals surface area contributed by atoms with Crippen molar-refractivity contribution in [2.75, 3.05) is 12.3 Å². The lowest BCUT2D eigenvalue weighted by Gasteiger charge is -2.33. The molecule has 1 aliphatic carbocycles. The van der Waals surface area contributed by atoms with Gasteiger partial charge >= 0.3 is 0 Å². The first kappa shape index (κ1) is 15.3. The van der Waals surface area contributed by atoms with Crippen LogP contribution in [0.15, 0.2) is 18.2 Å². The Kier molecular flexibility index (Phi) is 4.77. The van der Waals surface area contributed by atoms with Gasteiger partial charge in [0.1, 0.15) is 0 Å². The zero-order valence-electron chi connectivity index (χ0n) is 12.2. The maximum Gasteiger partial charge on any atom is 0.270 e. The molecule has 21 heavy (non-hydrogen) atoms. The molecule has 2 N–H and O–H groups in total. The van der Waals surface area contributed by atoms with E-state index in [1.54, 1.807) is 4.90 Å². The van der Waals surface area contributed by atoms with Crippen molar-refractivity contribution in [2.45, 2.75) is 45.1 Å². The van der Waals surface area contributed by atoms with Gasteiger partial charge in [-0.15, -0.1) is 0 Å². The fraction of sp³-hybridized carbons (Fsp3) is 0.533. The van der Waals surface area contributed by atoms with Gasteiger partial charge in [-0.3, -0.25) is 14.9 Å². The summed E-state index contributed by atoms with van der Waals surface area (Å²) in [5.74, 6) is -0.203. The van der Waals surface area contributed by atoms with Gasteiger partial charge in [0.15, 0.2) is 0 Å². The minimum Gasteiger partial charge on any atom is -0.398 e. The molecule has 0 unspecified atom stereocenters. The summed E-state index contributed by atoms with van der Waals surface area (Å²) >= 11 is 0. The molecule has 2 rings (SSSR count). The number of nitrogens with zero attached hydrogens (tertiary/aromatic N) is 2. The maximum absolute atomic E-state index is 12.7. The average molecular weight is 291 g/mol. The number of rotatable bonds is 4. The van der Waals surface area contributed by atoms with E-state index in [9.17, 15) is 14.9 Å². The second kappa shape index (κ2) is 6.56. The standard InChI is InChI=1S/C15H21N3O3/c1-2-17(11-6-4-3-5-7-11)15(19)13-10-12(18(20)21)8-9-14(13)16/h8-11H,2-7,16H2,1H3. The summed E-state index contributed by atoms with van der Waals surface area (Å²) in [5.41, 5.74) is 6.26. The molecule has 0 saturated heterocycles. The summed E-state index contributed by atoms with van der Waals surface area (Å²) < 4.78 is 0. The Balaban J connectivity index is 2.28. The van der Waals surface area contributed by atoms with Gasteiger partial charge in [0.05, 0.1) is 10.5 Å². The fourth-order valence-electron chi connectivity index (χ4n) is 2.96. The number of carbonyl (C=O) groups excluding carboxylic acids is 1. The van der Waals surface area contributed by atoms with E-state index in [1.165, 1.54) is 24.6 Å². The smallest absolute Gasteiger partial charge is 0.270 e. The second-order valence-electron chi connectivity index (χ2n) is 5.41. The number of carbonyl (C=O) groups is 1. The van der Waals surface area contributed by atoms with Gasteiger partial charge in [0, 0.05) is 30.4 Å². The van der Waals surface area contributed by atoms with E-state index in [0.29, 0.717) is 12.2 Å². The monoisotopic (exact) mass is 291 g/mol. The van der Waals surface area contributed by atoms with Gasteiger partial charge < -0.3 is 10.6 Å². The minimum absolute atomic E-state index is 0.104. The number of amides is 1. The number of nitrogens with two attached hydrogens (primary N) is 1. The molecular formula is C15H21N3O3. The molecule has 1 amide bonds. The molecule has 6 heteroatoms. The Hall–Kier alpha value is -2.11. The van der Waals surface area contributed by atoms with E-state index in [-0.39, 0.29) is 23.2 Å². The third kappa shape index (κ3) is 3.32. The summed E-state index contributed by atoms with van der Waals surface area (Å²) in [6.45, 7) is 2.52. The number of benzene rings is 1. The predicted octanol–water partition coefficient (Wildman–Crippen LogP) is 2.97. The van der Waals surface area contributed by atoms with Crippen LogP contribution in [0.2, 0.25) is 0 Å². The van der Waals surface area contributed by atoms with Crippen molar-refractivity contribution >= 4 is 17.3 Å². The maximum atomic E-state index is 12.7. The molecule has 0 aromatic heterocycles. The van der Waals surface area contributed by atoms with E-state index in [0.717, 1.165) is 25.7 Å². The lowest BCUT2D eigenvalue weighted by molar-refractivity contribution is -0.384. The molecule has 6 nitrogen and oxygen atoms in total. The van der Waals surface area contributed by atoms with Crippen molar-refractivity contribution in [1.82, 2.24) is 4.90 Å². The van der Waals surface area contributed by atoms with Crippen LogP contribution in [-0.4, -0.2) is 28.3 Å². The topological polar surface area (TPSA) is 89.5 Å². The summed E-state index contributed by atoms with van der Waals surface area (Å²) in [4.78, 5) is 24.9.